The number of halogens is 4. The van der Waals surface area contributed by atoms with Gasteiger partial charge in [-0.05, 0) is 23.8 Å². The van der Waals surface area contributed by atoms with E-state index >= 15 is 0 Å². The van der Waals surface area contributed by atoms with Gasteiger partial charge in [0.2, 0.25) is 11.8 Å². The first-order valence-electron chi connectivity index (χ1n) is 8.57. The summed E-state index contributed by atoms with van der Waals surface area (Å²) in [6.07, 6.45) is 1.03. The van der Waals surface area contributed by atoms with E-state index in [0.717, 1.165) is 17.0 Å². The molecule has 1 heterocycles. The van der Waals surface area contributed by atoms with Crippen LogP contribution in [0.2, 0.25) is 5.02 Å². The maximum absolute atomic E-state index is 13.6. The van der Waals surface area contributed by atoms with Crippen molar-refractivity contribution < 1.29 is 22.8 Å². The number of nitrogens with one attached hydrogen (secondary N) is 1. The van der Waals surface area contributed by atoms with Gasteiger partial charge in [0.05, 0.1) is 29.0 Å². The number of anilines is 3. The second-order valence-electron chi connectivity index (χ2n) is 6.19. The first-order valence-corrected chi connectivity index (χ1v) is 8.95. The van der Waals surface area contributed by atoms with Crippen molar-refractivity contribution in [1.82, 2.24) is 10.2 Å². The third kappa shape index (κ3) is 4.74. The Morgan fingerprint density at radius 2 is 1.83 bits per heavy atom. The quantitative estimate of drug-likeness (QED) is 0.645. The summed E-state index contributed by atoms with van der Waals surface area (Å²) < 4.78 is 40.3. The first kappa shape index (κ1) is 21.3. The Balaban J connectivity index is 1.83. The topological polar surface area (TPSA) is 75.2 Å². The summed E-state index contributed by atoms with van der Waals surface area (Å²) in [5.41, 5.74) is 0.514. The van der Waals surface area contributed by atoms with Gasteiger partial charge in [-0.3, -0.25) is 14.5 Å². The average Bonchev–Trinajstić information content (AvgIpc) is 2.68. The number of nitrogens with zero attached hydrogens (tertiary/aromatic N) is 3. The van der Waals surface area contributed by atoms with Crippen molar-refractivity contribution in [3.63, 3.8) is 0 Å². The van der Waals surface area contributed by atoms with Crippen LogP contribution < -0.4 is 10.2 Å². The van der Waals surface area contributed by atoms with Gasteiger partial charge in [0.25, 0.3) is 0 Å². The minimum absolute atomic E-state index is 0.0184. The van der Waals surface area contributed by atoms with E-state index in [4.69, 9.17) is 11.6 Å². The van der Waals surface area contributed by atoms with Gasteiger partial charge in [0.1, 0.15) is 5.82 Å². The molecule has 0 bridgehead atoms. The lowest BCUT2D eigenvalue weighted by Crippen LogP contribution is -2.24. The van der Waals surface area contributed by atoms with Gasteiger partial charge < -0.3 is 5.32 Å². The average molecular weight is 435 g/mol. The van der Waals surface area contributed by atoms with Crippen LogP contribution in [0.5, 0.6) is 0 Å². The lowest BCUT2D eigenvalue weighted by Gasteiger charge is -2.20. The molecule has 0 radical (unpaired) electrons. The number of carbonyl (C=O) groups excluding carboxylic acids is 2. The first-order chi connectivity index (χ1) is 14.3. The summed E-state index contributed by atoms with van der Waals surface area (Å²) >= 11 is 5.85. The molecule has 0 unspecified atom stereocenters. The zero-order valence-corrected chi connectivity index (χ0v) is 16.3. The number of benzene rings is 2. The maximum atomic E-state index is 13.6. The van der Waals surface area contributed by atoms with Crippen LogP contribution in [-0.4, -0.2) is 22.0 Å². The highest BCUT2D eigenvalue weighted by molar-refractivity contribution is 6.31. The molecule has 0 fully saturated rings. The fourth-order valence-electron chi connectivity index (χ4n) is 2.70. The van der Waals surface area contributed by atoms with Gasteiger partial charge in [-0.25, -0.2) is 13.2 Å². The third-order valence-electron chi connectivity index (χ3n) is 4.01. The molecule has 0 aliphatic heterocycles. The van der Waals surface area contributed by atoms with Gasteiger partial charge in [0, 0.05) is 19.1 Å². The highest BCUT2D eigenvalue weighted by Gasteiger charge is 2.19. The number of carbonyl (C=O) groups is 2. The molecular formula is C20H14ClF3N4O2. The van der Waals surface area contributed by atoms with E-state index in [9.17, 15) is 22.8 Å². The molecule has 10 heteroatoms. The fraction of sp³-hybridized carbons (Fsp3) is 0.100. The number of rotatable bonds is 5. The van der Waals surface area contributed by atoms with Crippen LogP contribution in [0.15, 0.2) is 48.7 Å². The SMILES string of the molecule is CC(=O)N(c1ccc(F)c(F)c1)c1cc(NC(=O)Cc2cccc(F)c2Cl)cnn1. The van der Waals surface area contributed by atoms with E-state index in [2.05, 4.69) is 15.5 Å². The van der Waals surface area contributed by atoms with Crippen molar-refractivity contribution in [3.8, 4) is 0 Å². The van der Waals surface area contributed by atoms with E-state index in [0.29, 0.717) is 5.56 Å². The number of hydrogen-bond donors (Lipinski definition) is 1. The maximum Gasteiger partial charge on any atom is 0.229 e. The van der Waals surface area contributed by atoms with Crippen molar-refractivity contribution in [2.75, 3.05) is 10.2 Å². The van der Waals surface area contributed by atoms with Gasteiger partial charge in [-0.15, -0.1) is 5.10 Å². The van der Waals surface area contributed by atoms with Crippen LogP contribution in [0.4, 0.5) is 30.4 Å². The van der Waals surface area contributed by atoms with E-state index in [1.807, 2.05) is 0 Å². The Kier molecular flexibility index (Phi) is 6.31. The minimum atomic E-state index is -1.14. The molecule has 1 aromatic heterocycles. The number of aromatic nitrogens is 2. The van der Waals surface area contributed by atoms with Crippen molar-refractivity contribution in [1.29, 1.82) is 0 Å². The molecule has 1 N–H and O–H groups in total. The lowest BCUT2D eigenvalue weighted by molar-refractivity contribution is -0.116. The molecule has 154 valence electrons. The van der Waals surface area contributed by atoms with Crippen molar-refractivity contribution in [2.24, 2.45) is 0 Å². The monoisotopic (exact) mass is 434 g/mol. The molecule has 0 spiro atoms. The molecule has 3 aromatic rings. The van der Waals surface area contributed by atoms with Crippen LogP contribution in [0, 0.1) is 17.5 Å². The lowest BCUT2D eigenvalue weighted by atomic mass is 10.1. The summed E-state index contributed by atoms with van der Waals surface area (Å²) in [5.74, 6) is -3.91. The van der Waals surface area contributed by atoms with Crippen LogP contribution in [0.3, 0.4) is 0 Å². The highest BCUT2D eigenvalue weighted by atomic mass is 35.5. The molecule has 0 aliphatic carbocycles. The van der Waals surface area contributed by atoms with Gasteiger partial charge in [-0.1, -0.05) is 23.7 Å². The Hall–Kier alpha value is -3.46. The van der Waals surface area contributed by atoms with E-state index in [-0.39, 0.29) is 28.6 Å². The zero-order valence-electron chi connectivity index (χ0n) is 15.5. The molecule has 0 aliphatic rings. The summed E-state index contributed by atoms with van der Waals surface area (Å²) in [5, 5.41) is 9.95. The van der Waals surface area contributed by atoms with Crippen molar-refractivity contribution >= 4 is 40.6 Å². The van der Waals surface area contributed by atoms with Crippen molar-refractivity contribution in [3.05, 3.63) is 76.7 Å². The van der Waals surface area contributed by atoms with E-state index in [1.165, 1.54) is 43.5 Å². The largest absolute Gasteiger partial charge is 0.324 e. The molecule has 2 aromatic carbocycles. The van der Waals surface area contributed by atoms with Crippen LogP contribution in [0.1, 0.15) is 12.5 Å². The standard InChI is InChI=1S/C20H14ClF3N4O2/c1-11(29)28(14-5-6-15(22)17(24)9-14)18-8-13(10-25-27-18)26-19(30)7-12-3-2-4-16(23)20(12)21/h2-6,8-10H,7H2,1H3,(H,26,27,30). The Bertz CT molecular complexity index is 1130. The summed E-state index contributed by atoms with van der Waals surface area (Å²) in [7, 11) is 0. The molecule has 6 nitrogen and oxygen atoms in total. The molecule has 0 saturated heterocycles. The van der Waals surface area contributed by atoms with E-state index in [1.54, 1.807) is 0 Å². The third-order valence-corrected chi connectivity index (χ3v) is 4.44. The minimum Gasteiger partial charge on any atom is -0.324 e. The zero-order chi connectivity index (χ0) is 21.8. The Labute approximate surface area is 174 Å². The summed E-state index contributed by atoms with van der Waals surface area (Å²) in [4.78, 5) is 25.4. The van der Waals surface area contributed by atoms with Crippen LogP contribution in [-0.2, 0) is 16.0 Å². The fourth-order valence-corrected chi connectivity index (χ4v) is 2.89. The molecule has 3 rings (SSSR count). The molecular weight excluding hydrogens is 421 g/mol. The van der Waals surface area contributed by atoms with Crippen LogP contribution >= 0.6 is 11.6 Å². The van der Waals surface area contributed by atoms with Gasteiger partial charge >= 0.3 is 0 Å². The van der Waals surface area contributed by atoms with E-state index < -0.39 is 29.3 Å². The van der Waals surface area contributed by atoms with Crippen LogP contribution in [0.25, 0.3) is 0 Å². The molecule has 30 heavy (non-hydrogen) atoms. The number of amides is 2. The Morgan fingerprint density at radius 1 is 1.07 bits per heavy atom. The summed E-state index contributed by atoms with van der Waals surface area (Å²) in [6, 6.07) is 8.39. The van der Waals surface area contributed by atoms with Gasteiger partial charge in [0.15, 0.2) is 17.5 Å². The molecule has 2 amide bonds. The highest BCUT2D eigenvalue weighted by Crippen LogP contribution is 2.27. The predicted octanol–water partition coefficient (Wildman–Crippen LogP) is 4.41. The normalized spacial score (nSPS) is 10.6. The molecule has 0 saturated carbocycles. The predicted molar refractivity (Wildman–Crippen MR) is 105 cm³/mol. The Morgan fingerprint density at radius 3 is 2.53 bits per heavy atom. The second kappa shape index (κ2) is 8.91. The number of hydrogen-bond acceptors (Lipinski definition) is 4. The molecule has 0 atom stereocenters. The van der Waals surface area contributed by atoms with Gasteiger partial charge in [-0.2, -0.15) is 5.10 Å². The smallest absolute Gasteiger partial charge is 0.229 e. The summed E-state index contributed by atoms with van der Waals surface area (Å²) in [6.45, 7) is 1.21. The van der Waals surface area contributed by atoms with Crippen molar-refractivity contribution in [2.45, 2.75) is 13.3 Å². The second-order valence-corrected chi connectivity index (χ2v) is 6.57.